The summed E-state index contributed by atoms with van der Waals surface area (Å²) < 4.78 is 9.30. The van der Waals surface area contributed by atoms with Gasteiger partial charge >= 0.3 is 11.9 Å². The average molecular weight is 363 g/mol. The minimum Gasteiger partial charge on any atom is -0.466 e. The van der Waals surface area contributed by atoms with E-state index in [0.717, 1.165) is 44.1 Å². The second kappa shape index (κ2) is 14.1. The summed E-state index contributed by atoms with van der Waals surface area (Å²) >= 11 is 0. The number of ether oxygens (including phenoxy) is 2. The third-order valence-corrected chi connectivity index (χ3v) is 4.12. The predicted molar refractivity (Wildman–Crippen MR) is 107 cm³/mol. The van der Waals surface area contributed by atoms with Crippen molar-refractivity contribution < 1.29 is 19.1 Å². The van der Waals surface area contributed by atoms with Crippen LogP contribution in [0.5, 0.6) is 0 Å². The topological polar surface area (TPSA) is 52.6 Å². The molecule has 0 fully saturated rings. The fourth-order valence-corrected chi connectivity index (χ4v) is 2.39. The van der Waals surface area contributed by atoms with Crippen LogP contribution < -0.4 is 0 Å². The molecule has 0 radical (unpaired) electrons. The predicted octanol–water partition coefficient (Wildman–Crippen LogP) is 5.46. The van der Waals surface area contributed by atoms with E-state index in [4.69, 9.17) is 0 Å². The normalized spacial score (nSPS) is 13.6. The van der Waals surface area contributed by atoms with Crippen LogP contribution in [0, 0.1) is 0 Å². The Morgan fingerprint density at radius 1 is 0.692 bits per heavy atom. The molecule has 0 unspecified atom stereocenters. The highest BCUT2D eigenvalue weighted by Gasteiger charge is 2.01. The summed E-state index contributed by atoms with van der Waals surface area (Å²) in [6.45, 7) is 8.00. The van der Waals surface area contributed by atoms with Crippen LogP contribution in [0.1, 0.15) is 66.2 Å². The Kier molecular flexibility index (Phi) is 13.0. The minimum atomic E-state index is -0.291. The number of carbonyl (C=O) groups excluding carboxylic acids is 2. The minimum absolute atomic E-state index is 0.260. The van der Waals surface area contributed by atoms with Crippen molar-refractivity contribution in [3.63, 3.8) is 0 Å². The summed E-state index contributed by atoms with van der Waals surface area (Å²) in [5.74, 6) is -0.551. The lowest BCUT2D eigenvalue weighted by Gasteiger charge is -2.03. The molecule has 146 valence electrons. The van der Waals surface area contributed by atoms with Crippen molar-refractivity contribution in [3.05, 3.63) is 46.6 Å². The van der Waals surface area contributed by atoms with Crippen molar-refractivity contribution in [2.24, 2.45) is 0 Å². The lowest BCUT2D eigenvalue weighted by atomic mass is 10.0. The quantitative estimate of drug-likeness (QED) is 0.278. The molecule has 4 nitrogen and oxygen atoms in total. The zero-order chi connectivity index (χ0) is 19.9. The van der Waals surface area contributed by atoms with E-state index in [2.05, 4.69) is 35.5 Å². The fourth-order valence-electron chi connectivity index (χ4n) is 2.39. The lowest BCUT2D eigenvalue weighted by molar-refractivity contribution is -0.136. The van der Waals surface area contributed by atoms with E-state index in [0.29, 0.717) is 5.57 Å². The first-order valence-electron chi connectivity index (χ1n) is 9.11. The van der Waals surface area contributed by atoms with Gasteiger partial charge in [-0.25, -0.2) is 9.59 Å². The molecule has 0 spiro atoms. The van der Waals surface area contributed by atoms with Crippen molar-refractivity contribution in [2.75, 3.05) is 14.2 Å². The molecule has 0 aromatic carbocycles. The van der Waals surface area contributed by atoms with E-state index in [9.17, 15) is 9.59 Å². The van der Waals surface area contributed by atoms with Gasteiger partial charge in [-0.1, -0.05) is 34.9 Å². The second-order valence-corrected chi connectivity index (χ2v) is 6.61. The van der Waals surface area contributed by atoms with Gasteiger partial charge in [-0.05, 0) is 66.2 Å². The van der Waals surface area contributed by atoms with E-state index < -0.39 is 0 Å². The zero-order valence-corrected chi connectivity index (χ0v) is 17.2. The highest BCUT2D eigenvalue weighted by molar-refractivity contribution is 5.87. The monoisotopic (exact) mass is 362 g/mol. The van der Waals surface area contributed by atoms with Crippen LogP contribution in [0.15, 0.2) is 46.6 Å². The number of carbonyl (C=O) groups is 2. The maximum Gasteiger partial charge on any atom is 0.333 e. The zero-order valence-electron chi connectivity index (χ0n) is 17.2. The van der Waals surface area contributed by atoms with Crippen LogP contribution in [0.2, 0.25) is 0 Å². The van der Waals surface area contributed by atoms with Gasteiger partial charge in [0.1, 0.15) is 0 Å². The van der Waals surface area contributed by atoms with E-state index >= 15 is 0 Å². The first-order valence-corrected chi connectivity index (χ1v) is 9.11. The molecule has 0 aliphatic rings. The molecule has 26 heavy (non-hydrogen) atoms. The average Bonchev–Trinajstić information content (AvgIpc) is 2.60. The number of esters is 2. The Labute approximate surface area is 158 Å². The third-order valence-electron chi connectivity index (χ3n) is 4.12. The first kappa shape index (κ1) is 23.9. The molecule has 0 atom stereocenters. The summed E-state index contributed by atoms with van der Waals surface area (Å²) in [7, 11) is 2.79. The van der Waals surface area contributed by atoms with Crippen LogP contribution >= 0.6 is 0 Å². The molecule has 0 heterocycles. The Bertz CT molecular complexity index is 577. The summed E-state index contributed by atoms with van der Waals surface area (Å²) in [6, 6.07) is 0. The summed E-state index contributed by atoms with van der Waals surface area (Å²) in [5, 5.41) is 0. The molecule has 0 rings (SSSR count). The van der Waals surface area contributed by atoms with Crippen LogP contribution in [0.25, 0.3) is 0 Å². The number of rotatable bonds is 11. The van der Waals surface area contributed by atoms with Crippen LogP contribution in [0.4, 0.5) is 0 Å². The van der Waals surface area contributed by atoms with Gasteiger partial charge in [0.15, 0.2) is 0 Å². The Balaban J connectivity index is 4.16. The maximum absolute atomic E-state index is 11.3. The summed E-state index contributed by atoms with van der Waals surface area (Å²) in [4.78, 5) is 22.4. The largest absolute Gasteiger partial charge is 0.466 e. The van der Waals surface area contributed by atoms with Gasteiger partial charge in [0.25, 0.3) is 0 Å². The fraction of sp³-hybridized carbons (Fsp3) is 0.545. The SMILES string of the molecule is COC(=O)C=C(C)CCC=C(C)CCC=C(C)CCC=C(C)C(=O)OC. The van der Waals surface area contributed by atoms with E-state index in [-0.39, 0.29) is 11.9 Å². The van der Waals surface area contributed by atoms with Gasteiger partial charge in [0.05, 0.1) is 14.2 Å². The summed E-state index contributed by atoms with van der Waals surface area (Å²) in [5.41, 5.74) is 4.40. The molecule has 0 saturated heterocycles. The smallest absolute Gasteiger partial charge is 0.333 e. The highest BCUT2D eigenvalue weighted by Crippen LogP contribution is 2.13. The van der Waals surface area contributed by atoms with E-state index in [1.807, 2.05) is 13.0 Å². The number of allylic oxidation sites excluding steroid dienone is 6. The molecule has 0 N–H and O–H groups in total. The highest BCUT2D eigenvalue weighted by atomic mass is 16.5. The molecular weight excluding hydrogens is 328 g/mol. The van der Waals surface area contributed by atoms with E-state index in [1.165, 1.54) is 25.4 Å². The number of hydrogen-bond donors (Lipinski definition) is 0. The molecule has 0 aromatic heterocycles. The summed E-state index contributed by atoms with van der Waals surface area (Å²) in [6.07, 6.45) is 13.6. The third kappa shape index (κ3) is 12.3. The van der Waals surface area contributed by atoms with Crippen molar-refractivity contribution in [3.8, 4) is 0 Å². The standard InChI is InChI=1S/C22H34O4/c1-17(12-8-14-19(3)16-21(23)25-5)10-7-11-18(2)13-9-15-20(4)22(24)26-6/h11-12,15-16H,7-10,13-14H2,1-6H3. The van der Waals surface area contributed by atoms with Crippen LogP contribution in [0.3, 0.4) is 0 Å². The Morgan fingerprint density at radius 3 is 1.62 bits per heavy atom. The molecule has 0 aliphatic heterocycles. The van der Waals surface area contributed by atoms with Gasteiger partial charge in [0, 0.05) is 11.6 Å². The first-order chi connectivity index (χ1) is 12.3. The molecule has 0 saturated carbocycles. The van der Waals surface area contributed by atoms with Crippen LogP contribution in [-0.4, -0.2) is 26.2 Å². The maximum atomic E-state index is 11.3. The van der Waals surface area contributed by atoms with Gasteiger partial charge in [0.2, 0.25) is 0 Å². The van der Waals surface area contributed by atoms with Gasteiger partial charge in [-0.2, -0.15) is 0 Å². The molecule has 0 aromatic rings. The van der Waals surface area contributed by atoms with Crippen molar-refractivity contribution in [1.82, 2.24) is 0 Å². The molecule has 0 aliphatic carbocycles. The second-order valence-electron chi connectivity index (χ2n) is 6.61. The lowest BCUT2D eigenvalue weighted by Crippen LogP contribution is -2.01. The molecule has 0 amide bonds. The molecule has 4 heteroatoms. The Morgan fingerprint density at radius 2 is 1.15 bits per heavy atom. The van der Waals surface area contributed by atoms with Crippen molar-refractivity contribution >= 4 is 11.9 Å². The van der Waals surface area contributed by atoms with Crippen LogP contribution in [-0.2, 0) is 19.1 Å². The van der Waals surface area contributed by atoms with Gasteiger partial charge < -0.3 is 9.47 Å². The van der Waals surface area contributed by atoms with E-state index in [1.54, 1.807) is 13.0 Å². The molecular formula is C22H34O4. The van der Waals surface area contributed by atoms with Crippen molar-refractivity contribution in [1.29, 1.82) is 0 Å². The number of hydrogen-bond acceptors (Lipinski definition) is 4. The van der Waals surface area contributed by atoms with Gasteiger partial charge in [-0.15, -0.1) is 0 Å². The van der Waals surface area contributed by atoms with Gasteiger partial charge in [-0.3, -0.25) is 0 Å². The Hall–Kier alpha value is -2.10. The number of methoxy groups -OCH3 is 2. The molecule has 0 bridgehead atoms. The van der Waals surface area contributed by atoms with Crippen molar-refractivity contribution in [2.45, 2.75) is 66.2 Å².